The number of aromatic hydroxyl groups is 1. The molecule has 4 rings (SSSR count). The summed E-state index contributed by atoms with van der Waals surface area (Å²) in [4.78, 5) is 34.5. The fourth-order valence-corrected chi connectivity index (χ4v) is 4.42. The SMILES string of the molecule is CCOC(=O)c1ccc2c(O)c(C(=Nc3ccc(N(C(=O)CN)C(C)C)c(OC)c3)c3ccccc3)[nH]c2c1. The van der Waals surface area contributed by atoms with Crippen LogP contribution in [0.5, 0.6) is 11.5 Å². The van der Waals surface area contributed by atoms with Crippen LogP contribution in [0.25, 0.3) is 10.9 Å². The van der Waals surface area contributed by atoms with E-state index in [2.05, 4.69) is 4.98 Å². The van der Waals surface area contributed by atoms with Crippen LogP contribution in [0.2, 0.25) is 0 Å². The molecule has 0 saturated carbocycles. The highest BCUT2D eigenvalue weighted by atomic mass is 16.5. The van der Waals surface area contributed by atoms with Crippen LogP contribution in [-0.2, 0) is 9.53 Å². The number of carbonyl (C=O) groups is 2. The molecule has 4 aromatic rings. The van der Waals surface area contributed by atoms with Crippen LogP contribution >= 0.6 is 0 Å². The fraction of sp³-hybridized carbons (Fsp3) is 0.233. The molecule has 0 spiro atoms. The Balaban J connectivity index is 1.86. The van der Waals surface area contributed by atoms with E-state index in [1.165, 1.54) is 7.11 Å². The number of fused-ring (bicyclic) bond motifs is 1. The Morgan fingerprint density at radius 3 is 2.44 bits per heavy atom. The van der Waals surface area contributed by atoms with Crippen molar-refractivity contribution in [3.8, 4) is 11.5 Å². The number of rotatable bonds is 9. The van der Waals surface area contributed by atoms with Gasteiger partial charge in [-0.2, -0.15) is 0 Å². The number of hydrogen-bond donors (Lipinski definition) is 3. The maximum Gasteiger partial charge on any atom is 0.338 e. The van der Waals surface area contributed by atoms with E-state index in [9.17, 15) is 14.7 Å². The molecule has 1 amide bonds. The van der Waals surface area contributed by atoms with Crippen molar-refractivity contribution in [3.05, 3.63) is 83.6 Å². The van der Waals surface area contributed by atoms with Gasteiger partial charge in [0.1, 0.15) is 11.4 Å². The van der Waals surface area contributed by atoms with Gasteiger partial charge in [-0.05, 0) is 51.1 Å². The number of hydrogen-bond acceptors (Lipinski definition) is 7. The van der Waals surface area contributed by atoms with E-state index in [0.717, 1.165) is 5.56 Å². The Morgan fingerprint density at radius 2 is 1.79 bits per heavy atom. The number of aromatic amines is 1. The monoisotopic (exact) mass is 528 g/mol. The number of nitrogens with zero attached hydrogens (tertiary/aromatic N) is 2. The molecule has 0 unspecified atom stereocenters. The summed E-state index contributed by atoms with van der Waals surface area (Å²) >= 11 is 0. The summed E-state index contributed by atoms with van der Waals surface area (Å²) in [7, 11) is 1.53. The number of ether oxygens (including phenoxy) is 2. The Labute approximate surface area is 226 Å². The molecule has 0 atom stereocenters. The lowest BCUT2D eigenvalue weighted by atomic mass is 10.1. The smallest absolute Gasteiger partial charge is 0.338 e. The van der Waals surface area contributed by atoms with Crippen molar-refractivity contribution in [2.75, 3.05) is 25.2 Å². The minimum absolute atomic E-state index is 0.00567. The van der Waals surface area contributed by atoms with Gasteiger partial charge in [-0.3, -0.25) is 4.79 Å². The highest BCUT2D eigenvalue weighted by Gasteiger charge is 2.23. The van der Waals surface area contributed by atoms with E-state index in [1.807, 2.05) is 44.2 Å². The quantitative estimate of drug-likeness (QED) is 0.209. The molecule has 4 N–H and O–H groups in total. The van der Waals surface area contributed by atoms with Gasteiger partial charge in [0, 0.05) is 23.1 Å². The molecule has 3 aromatic carbocycles. The number of anilines is 1. The Hall–Kier alpha value is -4.63. The van der Waals surface area contributed by atoms with E-state index in [4.69, 9.17) is 20.2 Å². The van der Waals surface area contributed by atoms with E-state index < -0.39 is 5.97 Å². The number of aromatic nitrogens is 1. The predicted molar refractivity (Wildman–Crippen MR) is 152 cm³/mol. The van der Waals surface area contributed by atoms with Crippen LogP contribution in [0.1, 0.15) is 42.4 Å². The van der Waals surface area contributed by atoms with Crippen molar-refractivity contribution in [1.29, 1.82) is 0 Å². The molecule has 0 saturated heterocycles. The normalized spacial score (nSPS) is 11.6. The van der Waals surface area contributed by atoms with Gasteiger partial charge in [-0.1, -0.05) is 30.3 Å². The van der Waals surface area contributed by atoms with Crippen molar-refractivity contribution in [2.45, 2.75) is 26.8 Å². The molecule has 0 aliphatic carbocycles. The summed E-state index contributed by atoms with van der Waals surface area (Å²) in [6.45, 7) is 5.68. The number of methoxy groups -OCH3 is 1. The third-order valence-electron chi connectivity index (χ3n) is 6.19. The lowest BCUT2D eigenvalue weighted by molar-refractivity contribution is -0.117. The maximum atomic E-state index is 12.5. The topological polar surface area (TPSA) is 130 Å². The van der Waals surface area contributed by atoms with E-state index in [0.29, 0.717) is 45.0 Å². The minimum Gasteiger partial charge on any atom is -0.505 e. The molecule has 1 aromatic heterocycles. The third-order valence-corrected chi connectivity index (χ3v) is 6.19. The van der Waals surface area contributed by atoms with Crippen molar-refractivity contribution < 1.29 is 24.2 Å². The average Bonchev–Trinajstić information content (AvgIpc) is 3.27. The largest absolute Gasteiger partial charge is 0.505 e. The molecule has 1 heterocycles. The summed E-state index contributed by atoms with van der Waals surface area (Å²) in [5.74, 6) is -0.206. The lowest BCUT2D eigenvalue weighted by Crippen LogP contribution is -2.41. The van der Waals surface area contributed by atoms with Crippen molar-refractivity contribution in [2.24, 2.45) is 10.7 Å². The zero-order valence-electron chi connectivity index (χ0n) is 22.4. The van der Waals surface area contributed by atoms with Gasteiger partial charge in [-0.15, -0.1) is 0 Å². The van der Waals surface area contributed by atoms with E-state index >= 15 is 0 Å². The van der Waals surface area contributed by atoms with Gasteiger partial charge in [0.15, 0.2) is 5.75 Å². The molecule has 0 aliphatic heterocycles. The van der Waals surface area contributed by atoms with Gasteiger partial charge in [0.2, 0.25) is 5.91 Å². The molecule has 0 bridgehead atoms. The second-order valence-electron chi connectivity index (χ2n) is 9.07. The number of amides is 1. The summed E-state index contributed by atoms with van der Waals surface area (Å²) in [5, 5.41) is 11.7. The number of benzene rings is 3. The van der Waals surface area contributed by atoms with Crippen LogP contribution < -0.4 is 15.4 Å². The van der Waals surface area contributed by atoms with Gasteiger partial charge >= 0.3 is 5.97 Å². The Morgan fingerprint density at radius 1 is 1.05 bits per heavy atom. The van der Waals surface area contributed by atoms with E-state index in [1.54, 1.807) is 48.2 Å². The molecule has 0 aliphatic rings. The summed E-state index contributed by atoms with van der Waals surface area (Å²) in [6, 6.07) is 19.5. The first-order chi connectivity index (χ1) is 18.8. The van der Waals surface area contributed by atoms with Crippen molar-refractivity contribution in [1.82, 2.24) is 4.98 Å². The van der Waals surface area contributed by atoms with Crippen LogP contribution in [-0.4, -0.2) is 54.0 Å². The number of nitrogens with two attached hydrogens (primary N) is 1. The van der Waals surface area contributed by atoms with Crippen molar-refractivity contribution in [3.63, 3.8) is 0 Å². The Kier molecular flexibility index (Phi) is 8.31. The molecule has 39 heavy (non-hydrogen) atoms. The fourth-order valence-electron chi connectivity index (χ4n) is 4.42. The molecule has 0 fully saturated rings. The van der Waals surface area contributed by atoms with Crippen LogP contribution in [0.3, 0.4) is 0 Å². The highest BCUT2D eigenvalue weighted by Crippen LogP contribution is 2.36. The second-order valence-corrected chi connectivity index (χ2v) is 9.07. The van der Waals surface area contributed by atoms with Crippen LogP contribution in [0.15, 0.2) is 71.7 Å². The van der Waals surface area contributed by atoms with Crippen LogP contribution in [0, 0.1) is 0 Å². The zero-order chi connectivity index (χ0) is 28.1. The third kappa shape index (κ3) is 5.63. The summed E-state index contributed by atoms with van der Waals surface area (Å²) in [5.41, 5.74) is 9.35. The number of carbonyl (C=O) groups excluding carboxylic acids is 2. The lowest BCUT2D eigenvalue weighted by Gasteiger charge is -2.28. The molecule has 9 nitrogen and oxygen atoms in total. The summed E-state index contributed by atoms with van der Waals surface area (Å²) < 4.78 is 10.7. The molecule has 0 radical (unpaired) electrons. The Bertz CT molecular complexity index is 1530. The minimum atomic E-state index is -0.442. The zero-order valence-corrected chi connectivity index (χ0v) is 22.4. The molecule has 202 valence electrons. The molecule has 9 heteroatoms. The first-order valence-corrected chi connectivity index (χ1v) is 12.7. The number of H-pyrrole nitrogens is 1. The second kappa shape index (κ2) is 11.8. The summed E-state index contributed by atoms with van der Waals surface area (Å²) in [6.07, 6.45) is 0. The number of aliphatic imine (C=N–C) groups is 1. The van der Waals surface area contributed by atoms with Gasteiger partial charge in [0.05, 0.1) is 48.4 Å². The van der Waals surface area contributed by atoms with Crippen LogP contribution in [0.4, 0.5) is 11.4 Å². The highest BCUT2D eigenvalue weighted by molar-refractivity contribution is 6.17. The maximum absolute atomic E-state index is 12.5. The number of nitrogens with one attached hydrogen (secondary N) is 1. The number of esters is 1. The predicted octanol–water partition coefficient (Wildman–Crippen LogP) is 4.93. The van der Waals surface area contributed by atoms with Gasteiger partial charge in [0.25, 0.3) is 0 Å². The van der Waals surface area contributed by atoms with Crippen molar-refractivity contribution >= 4 is 39.9 Å². The van der Waals surface area contributed by atoms with Gasteiger partial charge < -0.3 is 30.2 Å². The van der Waals surface area contributed by atoms with E-state index in [-0.39, 0.29) is 30.9 Å². The molecular weight excluding hydrogens is 496 g/mol. The molecular formula is C30H32N4O5. The first-order valence-electron chi connectivity index (χ1n) is 12.7. The average molecular weight is 529 g/mol. The standard InChI is InChI=1S/C30H32N4O5/c1-5-39-30(37)20-11-13-22-23(15-20)33-28(29(22)36)27(19-9-7-6-8-10-19)32-21-12-14-24(25(16-21)38-4)34(18(2)3)26(35)17-31/h6-16,18,33,36H,5,17,31H2,1-4H3. The van der Waals surface area contributed by atoms with Gasteiger partial charge in [-0.25, -0.2) is 9.79 Å². The first kappa shape index (κ1) is 27.4.